The molecular formula is C10H14F3N3O. The van der Waals surface area contributed by atoms with Crippen molar-refractivity contribution in [2.75, 3.05) is 13.1 Å². The van der Waals surface area contributed by atoms with Crippen molar-refractivity contribution in [3.63, 3.8) is 0 Å². The van der Waals surface area contributed by atoms with E-state index in [2.05, 4.69) is 10.4 Å². The van der Waals surface area contributed by atoms with Gasteiger partial charge in [0.05, 0.1) is 0 Å². The van der Waals surface area contributed by atoms with Crippen molar-refractivity contribution < 1.29 is 17.9 Å². The van der Waals surface area contributed by atoms with Gasteiger partial charge in [-0.05, 0) is 32.9 Å². The van der Waals surface area contributed by atoms with E-state index in [1.165, 1.54) is 0 Å². The fourth-order valence-electron chi connectivity index (χ4n) is 1.81. The molecule has 0 aliphatic carbocycles. The normalized spacial score (nSPS) is 20.2. The number of alkyl halides is 3. The SMILES string of the molecule is CC1(Oc2cc(C(F)(F)F)[nH]n2)CCNCC1. The Bertz CT molecular complexity index is 382. The molecule has 17 heavy (non-hydrogen) atoms. The number of hydrogen-bond donors (Lipinski definition) is 2. The van der Waals surface area contributed by atoms with Crippen LogP contribution in [-0.4, -0.2) is 28.9 Å². The number of rotatable bonds is 2. The lowest BCUT2D eigenvalue weighted by atomic mass is 9.95. The minimum Gasteiger partial charge on any atom is -0.470 e. The summed E-state index contributed by atoms with van der Waals surface area (Å²) in [6, 6.07) is 0.896. The van der Waals surface area contributed by atoms with Gasteiger partial charge in [-0.3, -0.25) is 5.10 Å². The number of nitrogens with zero attached hydrogens (tertiary/aromatic N) is 1. The maximum absolute atomic E-state index is 12.3. The van der Waals surface area contributed by atoms with Crippen LogP contribution < -0.4 is 10.1 Å². The smallest absolute Gasteiger partial charge is 0.432 e. The molecule has 0 radical (unpaired) electrons. The number of nitrogens with one attached hydrogen (secondary N) is 2. The van der Waals surface area contributed by atoms with Crippen LogP contribution in [0.3, 0.4) is 0 Å². The topological polar surface area (TPSA) is 49.9 Å². The van der Waals surface area contributed by atoms with Gasteiger partial charge in [0.1, 0.15) is 11.3 Å². The molecule has 0 spiro atoms. The maximum atomic E-state index is 12.3. The molecule has 1 aromatic heterocycles. The molecule has 0 amide bonds. The first-order valence-corrected chi connectivity index (χ1v) is 5.41. The van der Waals surface area contributed by atoms with E-state index in [0.29, 0.717) is 0 Å². The third-order valence-corrected chi connectivity index (χ3v) is 2.87. The van der Waals surface area contributed by atoms with Crippen LogP contribution in [0.15, 0.2) is 6.07 Å². The summed E-state index contributed by atoms with van der Waals surface area (Å²) < 4.78 is 42.6. The lowest BCUT2D eigenvalue weighted by molar-refractivity contribution is -0.141. The van der Waals surface area contributed by atoms with Gasteiger partial charge in [-0.25, -0.2) is 0 Å². The van der Waals surface area contributed by atoms with E-state index in [1.54, 1.807) is 0 Å². The van der Waals surface area contributed by atoms with Crippen molar-refractivity contribution in [1.29, 1.82) is 0 Å². The zero-order valence-electron chi connectivity index (χ0n) is 9.40. The Morgan fingerprint density at radius 1 is 1.35 bits per heavy atom. The predicted octanol–water partition coefficient (Wildman–Crippen LogP) is 1.95. The molecule has 96 valence electrons. The van der Waals surface area contributed by atoms with Crippen LogP contribution in [-0.2, 0) is 6.18 Å². The molecule has 0 atom stereocenters. The van der Waals surface area contributed by atoms with Crippen LogP contribution >= 0.6 is 0 Å². The Kier molecular flexibility index (Phi) is 3.03. The first-order valence-electron chi connectivity index (χ1n) is 5.41. The van der Waals surface area contributed by atoms with E-state index in [4.69, 9.17) is 4.74 Å². The van der Waals surface area contributed by atoms with E-state index in [0.717, 1.165) is 32.0 Å². The van der Waals surface area contributed by atoms with Crippen molar-refractivity contribution in [2.45, 2.75) is 31.5 Å². The van der Waals surface area contributed by atoms with Gasteiger partial charge in [-0.15, -0.1) is 5.10 Å². The molecule has 0 saturated carbocycles. The van der Waals surface area contributed by atoms with E-state index in [1.807, 2.05) is 12.0 Å². The molecule has 1 aliphatic rings. The summed E-state index contributed by atoms with van der Waals surface area (Å²) in [4.78, 5) is 0. The second kappa shape index (κ2) is 4.21. The zero-order chi connectivity index (χ0) is 12.5. The predicted molar refractivity (Wildman–Crippen MR) is 54.7 cm³/mol. The molecule has 2 rings (SSSR count). The Labute approximate surface area is 96.5 Å². The first-order chi connectivity index (χ1) is 7.89. The summed E-state index contributed by atoms with van der Waals surface area (Å²) in [6.45, 7) is 3.48. The van der Waals surface area contributed by atoms with Crippen molar-refractivity contribution in [1.82, 2.24) is 15.5 Å². The standard InChI is InChI=1S/C10H14F3N3O/c1-9(2-4-14-5-3-9)17-8-6-7(15-16-8)10(11,12)13/h6,14H,2-5H2,1H3,(H,15,16). The van der Waals surface area contributed by atoms with E-state index >= 15 is 0 Å². The van der Waals surface area contributed by atoms with Gasteiger partial charge < -0.3 is 10.1 Å². The number of aromatic amines is 1. The Morgan fingerprint density at radius 2 is 2.00 bits per heavy atom. The number of halogens is 3. The van der Waals surface area contributed by atoms with Gasteiger partial charge in [0.2, 0.25) is 5.88 Å². The Hall–Kier alpha value is -1.24. The quantitative estimate of drug-likeness (QED) is 0.842. The highest BCUT2D eigenvalue weighted by Gasteiger charge is 2.35. The molecule has 1 fully saturated rings. The van der Waals surface area contributed by atoms with Gasteiger partial charge in [0.25, 0.3) is 0 Å². The van der Waals surface area contributed by atoms with Crippen LogP contribution in [0, 0.1) is 0 Å². The molecule has 1 saturated heterocycles. The number of piperidine rings is 1. The molecule has 0 aromatic carbocycles. The van der Waals surface area contributed by atoms with Crippen LogP contribution in [0.1, 0.15) is 25.5 Å². The average Bonchev–Trinajstić information content (AvgIpc) is 2.66. The molecular weight excluding hydrogens is 235 g/mol. The minimum absolute atomic E-state index is 0.00160. The van der Waals surface area contributed by atoms with Gasteiger partial charge in [-0.1, -0.05) is 0 Å². The van der Waals surface area contributed by atoms with E-state index in [-0.39, 0.29) is 5.88 Å². The molecule has 4 nitrogen and oxygen atoms in total. The lowest BCUT2D eigenvalue weighted by Crippen LogP contribution is -2.43. The summed E-state index contributed by atoms with van der Waals surface area (Å²) in [7, 11) is 0. The minimum atomic E-state index is -4.41. The molecule has 2 N–H and O–H groups in total. The maximum Gasteiger partial charge on any atom is 0.432 e. The zero-order valence-corrected chi connectivity index (χ0v) is 9.40. The molecule has 1 aromatic rings. The van der Waals surface area contributed by atoms with Gasteiger partial charge in [0, 0.05) is 6.07 Å². The van der Waals surface area contributed by atoms with Crippen molar-refractivity contribution >= 4 is 0 Å². The summed E-state index contributed by atoms with van der Waals surface area (Å²) in [5, 5.41) is 8.64. The summed E-state index contributed by atoms with van der Waals surface area (Å²) >= 11 is 0. The third kappa shape index (κ3) is 2.91. The van der Waals surface area contributed by atoms with Crippen molar-refractivity contribution in [3.8, 4) is 5.88 Å². The Morgan fingerprint density at radius 3 is 2.53 bits per heavy atom. The summed E-state index contributed by atoms with van der Waals surface area (Å²) in [5.41, 5.74) is -1.33. The molecule has 0 unspecified atom stereocenters. The molecule has 1 aliphatic heterocycles. The number of H-pyrrole nitrogens is 1. The number of aromatic nitrogens is 2. The van der Waals surface area contributed by atoms with Crippen LogP contribution in [0.25, 0.3) is 0 Å². The summed E-state index contributed by atoms with van der Waals surface area (Å²) in [5.74, 6) is 0.00160. The second-order valence-corrected chi connectivity index (χ2v) is 4.42. The fourth-order valence-corrected chi connectivity index (χ4v) is 1.81. The highest BCUT2D eigenvalue weighted by atomic mass is 19.4. The number of ether oxygens (including phenoxy) is 1. The van der Waals surface area contributed by atoms with Crippen LogP contribution in [0.5, 0.6) is 5.88 Å². The monoisotopic (exact) mass is 249 g/mol. The highest BCUT2D eigenvalue weighted by molar-refractivity contribution is 5.17. The van der Waals surface area contributed by atoms with Crippen LogP contribution in [0.2, 0.25) is 0 Å². The van der Waals surface area contributed by atoms with Crippen molar-refractivity contribution in [3.05, 3.63) is 11.8 Å². The largest absolute Gasteiger partial charge is 0.470 e. The van der Waals surface area contributed by atoms with Crippen molar-refractivity contribution in [2.24, 2.45) is 0 Å². The van der Waals surface area contributed by atoms with E-state index < -0.39 is 17.5 Å². The average molecular weight is 249 g/mol. The first kappa shape index (κ1) is 12.2. The molecule has 7 heteroatoms. The molecule has 0 bridgehead atoms. The van der Waals surface area contributed by atoms with Gasteiger partial charge >= 0.3 is 6.18 Å². The highest BCUT2D eigenvalue weighted by Crippen LogP contribution is 2.31. The second-order valence-electron chi connectivity index (χ2n) is 4.42. The number of hydrogen-bond acceptors (Lipinski definition) is 3. The third-order valence-electron chi connectivity index (χ3n) is 2.87. The van der Waals surface area contributed by atoms with Gasteiger partial charge in [0.15, 0.2) is 0 Å². The summed E-state index contributed by atoms with van der Waals surface area (Å²) in [6.07, 6.45) is -2.91. The van der Waals surface area contributed by atoms with Crippen LogP contribution in [0.4, 0.5) is 13.2 Å². The fraction of sp³-hybridized carbons (Fsp3) is 0.700. The lowest BCUT2D eigenvalue weighted by Gasteiger charge is -2.33. The molecule has 2 heterocycles. The van der Waals surface area contributed by atoms with E-state index in [9.17, 15) is 13.2 Å². The Balaban J connectivity index is 2.06. The van der Waals surface area contributed by atoms with Gasteiger partial charge in [-0.2, -0.15) is 13.2 Å².